The van der Waals surface area contributed by atoms with Crippen LogP contribution in [-0.4, -0.2) is 28.1 Å². The molecule has 2 nitrogen and oxygen atoms in total. The molecule has 1 aliphatic rings. The lowest BCUT2D eigenvalue weighted by Crippen LogP contribution is -2.40. The van der Waals surface area contributed by atoms with Crippen molar-refractivity contribution in [3.63, 3.8) is 0 Å². The molecule has 82 valence electrons. The Labute approximate surface area is 92.4 Å². The van der Waals surface area contributed by atoms with Crippen LogP contribution in [0.5, 0.6) is 0 Å². The lowest BCUT2D eigenvalue weighted by molar-refractivity contribution is 0.203. The van der Waals surface area contributed by atoms with Gasteiger partial charge in [0.05, 0.1) is 17.9 Å². The molecule has 0 saturated carbocycles. The van der Waals surface area contributed by atoms with Gasteiger partial charge in [-0.25, -0.2) is 4.39 Å². The van der Waals surface area contributed by atoms with Crippen molar-refractivity contribution in [3.8, 4) is 0 Å². The summed E-state index contributed by atoms with van der Waals surface area (Å²) in [6.45, 7) is 1.02. The highest BCUT2D eigenvalue weighted by molar-refractivity contribution is 7.89. The maximum atomic E-state index is 13.1. The van der Waals surface area contributed by atoms with Gasteiger partial charge >= 0.3 is 0 Å². The lowest BCUT2D eigenvalue weighted by Gasteiger charge is -2.28. The first kappa shape index (κ1) is 10.9. The van der Waals surface area contributed by atoms with Gasteiger partial charge in [0.25, 0.3) is 0 Å². The minimum atomic E-state index is -1.20. The number of alkyl halides is 1. The molecule has 1 aromatic rings. The fourth-order valence-corrected chi connectivity index (χ4v) is 3.01. The summed E-state index contributed by atoms with van der Waals surface area (Å²) < 4.78 is 26.9. The molecule has 1 aliphatic heterocycles. The summed E-state index contributed by atoms with van der Waals surface area (Å²) in [7, 11) is 0. The summed E-state index contributed by atoms with van der Waals surface area (Å²) in [5.41, 5.74) is 0. The summed E-state index contributed by atoms with van der Waals surface area (Å²) in [6, 6.07) is 9.22. The number of piperidine rings is 1. The van der Waals surface area contributed by atoms with Crippen molar-refractivity contribution in [2.75, 3.05) is 13.1 Å². The summed E-state index contributed by atoms with van der Waals surface area (Å²) >= 11 is -1.20. The van der Waals surface area contributed by atoms with Gasteiger partial charge in [0, 0.05) is 6.54 Å². The Hall–Kier alpha value is -0.580. The highest BCUT2D eigenvalue weighted by atomic mass is 32.2. The number of rotatable bonds is 2. The molecule has 4 heteroatoms. The minimum Gasteiger partial charge on any atom is -0.593 e. The van der Waals surface area contributed by atoms with Crippen molar-refractivity contribution in [2.45, 2.75) is 23.9 Å². The van der Waals surface area contributed by atoms with Crippen molar-refractivity contribution in [1.29, 1.82) is 0 Å². The predicted octanol–water partition coefficient (Wildman–Crippen LogP) is 2.14. The first-order valence-electron chi connectivity index (χ1n) is 5.13. The SMILES string of the molecule is [O-][S+](c1ccccc1)N1CCCC(F)C1. The van der Waals surface area contributed by atoms with E-state index in [-0.39, 0.29) is 0 Å². The van der Waals surface area contributed by atoms with E-state index in [0.29, 0.717) is 13.0 Å². The van der Waals surface area contributed by atoms with Gasteiger partial charge in [-0.2, -0.15) is 0 Å². The van der Waals surface area contributed by atoms with Crippen LogP contribution >= 0.6 is 0 Å². The summed E-state index contributed by atoms with van der Waals surface area (Å²) in [5, 5.41) is 0. The Morgan fingerprint density at radius 2 is 2.07 bits per heavy atom. The molecule has 1 fully saturated rings. The number of hydrogen-bond acceptors (Lipinski definition) is 2. The lowest BCUT2D eigenvalue weighted by atomic mass is 10.1. The second kappa shape index (κ2) is 4.96. The largest absolute Gasteiger partial charge is 0.593 e. The summed E-state index contributed by atoms with van der Waals surface area (Å²) in [6.07, 6.45) is 0.564. The van der Waals surface area contributed by atoms with Gasteiger partial charge in [0.1, 0.15) is 6.17 Å². The Kier molecular flexibility index (Phi) is 3.61. The van der Waals surface area contributed by atoms with Crippen LogP contribution < -0.4 is 0 Å². The molecule has 0 aromatic heterocycles. The summed E-state index contributed by atoms with van der Waals surface area (Å²) in [4.78, 5) is 0.756. The first-order valence-corrected chi connectivity index (χ1v) is 6.24. The van der Waals surface area contributed by atoms with E-state index < -0.39 is 17.5 Å². The van der Waals surface area contributed by atoms with E-state index >= 15 is 0 Å². The third-order valence-electron chi connectivity index (χ3n) is 2.51. The summed E-state index contributed by atoms with van der Waals surface area (Å²) in [5.74, 6) is 0. The second-order valence-corrected chi connectivity index (χ2v) is 5.18. The Balaban J connectivity index is 2.04. The monoisotopic (exact) mass is 227 g/mol. The highest BCUT2D eigenvalue weighted by Gasteiger charge is 2.28. The first-order chi connectivity index (χ1) is 7.27. The smallest absolute Gasteiger partial charge is 0.174 e. The van der Waals surface area contributed by atoms with Crippen LogP contribution in [0.15, 0.2) is 35.2 Å². The number of hydrogen-bond donors (Lipinski definition) is 0. The van der Waals surface area contributed by atoms with Crippen LogP contribution in [0.1, 0.15) is 12.8 Å². The molecule has 15 heavy (non-hydrogen) atoms. The van der Waals surface area contributed by atoms with E-state index in [1.54, 1.807) is 4.31 Å². The molecule has 0 aliphatic carbocycles. The van der Waals surface area contributed by atoms with Crippen molar-refractivity contribution in [1.82, 2.24) is 4.31 Å². The van der Waals surface area contributed by atoms with E-state index in [1.807, 2.05) is 30.3 Å². The maximum absolute atomic E-state index is 13.1. The van der Waals surface area contributed by atoms with Gasteiger partial charge in [-0.05, 0) is 25.0 Å². The van der Waals surface area contributed by atoms with Crippen molar-refractivity contribution < 1.29 is 8.94 Å². The van der Waals surface area contributed by atoms with Crippen LogP contribution in [0.2, 0.25) is 0 Å². The fraction of sp³-hybridized carbons (Fsp3) is 0.455. The van der Waals surface area contributed by atoms with E-state index in [4.69, 9.17) is 0 Å². The molecule has 0 amide bonds. The molecule has 2 unspecified atom stereocenters. The van der Waals surface area contributed by atoms with E-state index in [1.165, 1.54) is 0 Å². The third kappa shape index (κ3) is 2.71. The Morgan fingerprint density at radius 1 is 1.33 bits per heavy atom. The average molecular weight is 227 g/mol. The molecule has 1 aromatic carbocycles. The van der Waals surface area contributed by atoms with Gasteiger partial charge in [-0.3, -0.25) is 0 Å². The van der Waals surface area contributed by atoms with Gasteiger partial charge in [-0.1, -0.05) is 18.2 Å². The second-order valence-electron chi connectivity index (χ2n) is 3.69. The molecule has 1 heterocycles. The van der Waals surface area contributed by atoms with Crippen LogP contribution in [0.3, 0.4) is 0 Å². The molecular weight excluding hydrogens is 213 g/mol. The quantitative estimate of drug-likeness (QED) is 0.724. The van der Waals surface area contributed by atoms with Crippen LogP contribution in [0.4, 0.5) is 4.39 Å². The molecule has 0 N–H and O–H groups in total. The zero-order chi connectivity index (χ0) is 10.7. The Bertz CT molecular complexity index is 309. The van der Waals surface area contributed by atoms with Crippen LogP contribution in [-0.2, 0) is 11.4 Å². The van der Waals surface area contributed by atoms with Gasteiger partial charge < -0.3 is 4.55 Å². The Morgan fingerprint density at radius 3 is 2.73 bits per heavy atom. The molecule has 0 bridgehead atoms. The number of benzene rings is 1. The average Bonchev–Trinajstić information content (AvgIpc) is 2.29. The molecule has 0 radical (unpaired) electrons. The third-order valence-corrected chi connectivity index (χ3v) is 3.98. The highest BCUT2D eigenvalue weighted by Crippen LogP contribution is 2.21. The predicted molar refractivity (Wildman–Crippen MR) is 58.6 cm³/mol. The topological polar surface area (TPSA) is 26.3 Å². The van der Waals surface area contributed by atoms with Gasteiger partial charge in [-0.15, -0.1) is 4.31 Å². The number of nitrogens with zero attached hydrogens (tertiary/aromatic N) is 1. The standard InChI is InChI=1S/C11H14FNOS/c12-10-5-4-8-13(9-10)15(14)11-6-2-1-3-7-11/h1-3,6-7,10H,4-5,8-9H2. The van der Waals surface area contributed by atoms with Crippen molar-refractivity contribution in [2.24, 2.45) is 0 Å². The number of halogens is 1. The zero-order valence-corrected chi connectivity index (χ0v) is 9.25. The molecule has 1 saturated heterocycles. The molecule has 2 rings (SSSR count). The normalized spacial score (nSPS) is 25.1. The van der Waals surface area contributed by atoms with Crippen molar-refractivity contribution in [3.05, 3.63) is 30.3 Å². The molecule has 2 atom stereocenters. The van der Waals surface area contributed by atoms with E-state index in [0.717, 1.165) is 17.9 Å². The zero-order valence-electron chi connectivity index (χ0n) is 8.43. The minimum absolute atomic E-state index is 0.293. The van der Waals surface area contributed by atoms with Gasteiger partial charge in [0.15, 0.2) is 4.90 Å². The van der Waals surface area contributed by atoms with E-state index in [9.17, 15) is 8.94 Å². The van der Waals surface area contributed by atoms with E-state index in [2.05, 4.69) is 0 Å². The molecular formula is C11H14FNOS. The van der Waals surface area contributed by atoms with Gasteiger partial charge in [0.2, 0.25) is 0 Å². The van der Waals surface area contributed by atoms with Crippen molar-refractivity contribution >= 4 is 11.4 Å². The molecule has 0 spiro atoms. The fourth-order valence-electron chi connectivity index (χ4n) is 1.73. The van der Waals surface area contributed by atoms with Crippen LogP contribution in [0, 0.1) is 0 Å². The maximum Gasteiger partial charge on any atom is 0.174 e. The van der Waals surface area contributed by atoms with Crippen LogP contribution in [0.25, 0.3) is 0 Å².